The second-order valence-corrected chi connectivity index (χ2v) is 5.11. The third-order valence-electron chi connectivity index (χ3n) is 3.16. The number of halogens is 2. The van der Waals surface area contributed by atoms with Crippen molar-refractivity contribution < 1.29 is 28.2 Å². The van der Waals surface area contributed by atoms with E-state index in [1.807, 2.05) is 0 Å². The van der Waals surface area contributed by atoms with Crippen LogP contribution in [0.5, 0.6) is 11.5 Å². The van der Waals surface area contributed by atoms with Gasteiger partial charge in [0, 0.05) is 5.56 Å². The SMILES string of the molecule is O=C(COC(=O)c1cc(Cl)c2c(c1)OCO2)c1ccc(F)cc1. The number of benzene rings is 2. The van der Waals surface area contributed by atoms with E-state index in [0.717, 1.165) is 12.1 Å². The normalized spacial score (nSPS) is 12.1. The summed E-state index contributed by atoms with van der Waals surface area (Å²) >= 11 is 5.98. The van der Waals surface area contributed by atoms with Crippen LogP contribution in [0.3, 0.4) is 0 Å². The number of hydrogen-bond donors (Lipinski definition) is 0. The molecular formula is C16H10ClFO5. The highest BCUT2D eigenvalue weighted by Crippen LogP contribution is 2.39. The molecule has 0 unspecified atom stereocenters. The summed E-state index contributed by atoms with van der Waals surface area (Å²) in [5.74, 6) is -0.903. The third kappa shape index (κ3) is 3.27. The highest BCUT2D eigenvalue weighted by molar-refractivity contribution is 6.32. The molecule has 0 radical (unpaired) electrons. The van der Waals surface area contributed by atoms with Crippen LogP contribution in [0.1, 0.15) is 20.7 Å². The first-order chi connectivity index (χ1) is 11.0. The Bertz CT molecular complexity index is 773. The first-order valence-corrected chi connectivity index (χ1v) is 6.97. The van der Waals surface area contributed by atoms with E-state index >= 15 is 0 Å². The first-order valence-electron chi connectivity index (χ1n) is 6.59. The lowest BCUT2D eigenvalue weighted by Gasteiger charge is -2.06. The van der Waals surface area contributed by atoms with E-state index in [-0.39, 0.29) is 22.9 Å². The van der Waals surface area contributed by atoms with Crippen LogP contribution < -0.4 is 9.47 Å². The van der Waals surface area contributed by atoms with Crippen LogP contribution in [-0.2, 0) is 4.74 Å². The number of carbonyl (C=O) groups is 2. The quantitative estimate of drug-likeness (QED) is 0.633. The van der Waals surface area contributed by atoms with Crippen molar-refractivity contribution in [2.24, 2.45) is 0 Å². The number of fused-ring (bicyclic) bond motifs is 1. The highest BCUT2D eigenvalue weighted by Gasteiger charge is 2.21. The van der Waals surface area contributed by atoms with Crippen LogP contribution >= 0.6 is 11.6 Å². The minimum absolute atomic E-state index is 0.0244. The van der Waals surface area contributed by atoms with Crippen molar-refractivity contribution in [3.8, 4) is 11.5 Å². The van der Waals surface area contributed by atoms with Crippen LogP contribution in [0, 0.1) is 5.82 Å². The molecule has 0 saturated carbocycles. The Hall–Kier alpha value is -2.60. The molecule has 7 heteroatoms. The lowest BCUT2D eigenvalue weighted by atomic mass is 10.1. The minimum Gasteiger partial charge on any atom is -0.454 e. The highest BCUT2D eigenvalue weighted by atomic mass is 35.5. The van der Waals surface area contributed by atoms with Crippen molar-refractivity contribution in [2.45, 2.75) is 0 Å². The standard InChI is InChI=1S/C16H10ClFO5/c17-12-5-10(6-14-15(12)23-8-22-14)16(20)21-7-13(19)9-1-3-11(18)4-2-9/h1-6H,7-8H2. The third-order valence-corrected chi connectivity index (χ3v) is 3.44. The van der Waals surface area contributed by atoms with Crippen molar-refractivity contribution in [1.82, 2.24) is 0 Å². The molecule has 2 aromatic carbocycles. The van der Waals surface area contributed by atoms with Gasteiger partial charge < -0.3 is 14.2 Å². The van der Waals surface area contributed by atoms with Gasteiger partial charge >= 0.3 is 5.97 Å². The molecule has 0 fully saturated rings. The van der Waals surface area contributed by atoms with Gasteiger partial charge in [-0.1, -0.05) is 11.6 Å². The summed E-state index contributed by atoms with van der Waals surface area (Å²) in [5, 5.41) is 0.219. The number of Topliss-reactive ketones (excluding diaryl/α,β-unsaturated/α-hetero) is 1. The van der Waals surface area contributed by atoms with Crippen molar-refractivity contribution in [3.05, 3.63) is 58.4 Å². The van der Waals surface area contributed by atoms with E-state index < -0.39 is 24.2 Å². The van der Waals surface area contributed by atoms with Crippen LogP contribution in [0.15, 0.2) is 36.4 Å². The van der Waals surface area contributed by atoms with Crippen LogP contribution in [-0.4, -0.2) is 25.2 Å². The molecule has 5 nitrogen and oxygen atoms in total. The Morgan fingerprint density at radius 1 is 1.13 bits per heavy atom. The Morgan fingerprint density at radius 3 is 2.61 bits per heavy atom. The summed E-state index contributed by atoms with van der Waals surface area (Å²) in [7, 11) is 0. The molecule has 0 aromatic heterocycles. The monoisotopic (exact) mass is 336 g/mol. The maximum absolute atomic E-state index is 12.8. The van der Waals surface area contributed by atoms with Crippen LogP contribution in [0.4, 0.5) is 4.39 Å². The van der Waals surface area contributed by atoms with E-state index in [4.69, 9.17) is 25.8 Å². The smallest absolute Gasteiger partial charge is 0.338 e. The van der Waals surface area contributed by atoms with E-state index in [1.54, 1.807) is 0 Å². The average molecular weight is 337 g/mol. The summed E-state index contributed by atoms with van der Waals surface area (Å²) < 4.78 is 28.1. The number of rotatable bonds is 4. The van der Waals surface area contributed by atoms with Crippen molar-refractivity contribution in [1.29, 1.82) is 0 Å². The molecule has 2 aromatic rings. The van der Waals surface area contributed by atoms with Gasteiger partial charge in [-0.2, -0.15) is 0 Å². The van der Waals surface area contributed by atoms with Gasteiger partial charge in [0.25, 0.3) is 0 Å². The summed E-state index contributed by atoms with van der Waals surface area (Å²) in [6.45, 7) is -0.437. The van der Waals surface area contributed by atoms with Gasteiger partial charge in [-0.05, 0) is 36.4 Å². The zero-order chi connectivity index (χ0) is 16.4. The number of ketones is 1. The lowest BCUT2D eigenvalue weighted by Crippen LogP contribution is -2.14. The van der Waals surface area contributed by atoms with Gasteiger partial charge in [0.2, 0.25) is 6.79 Å². The van der Waals surface area contributed by atoms with Gasteiger partial charge in [-0.25, -0.2) is 9.18 Å². The maximum Gasteiger partial charge on any atom is 0.338 e. The largest absolute Gasteiger partial charge is 0.454 e. The molecule has 1 aliphatic heterocycles. The number of esters is 1. The summed E-state index contributed by atoms with van der Waals surface area (Å²) in [5.41, 5.74) is 0.397. The molecule has 0 spiro atoms. The van der Waals surface area contributed by atoms with Crippen molar-refractivity contribution >= 4 is 23.4 Å². The number of hydrogen-bond acceptors (Lipinski definition) is 5. The molecule has 0 atom stereocenters. The molecule has 1 heterocycles. The van der Waals surface area contributed by atoms with Crippen molar-refractivity contribution in [2.75, 3.05) is 13.4 Å². The predicted molar refractivity (Wildman–Crippen MR) is 78.6 cm³/mol. The van der Waals surface area contributed by atoms with Crippen LogP contribution in [0.25, 0.3) is 0 Å². The fourth-order valence-electron chi connectivity index (χ4n) is 2.02. The maximum atomic E-state index is 12.8. The predicted octanol–water partition coefficient (Wildman–Crippen LogP) is 3.25. The van der Waals surface area contributed by atoms with Gasteiger partial charge in [0.1, 0.15) is 5.82 Å². The Kier molecular flexibility index (Phi) is 4.16. The van der Waals surface area contributed by atoms with E-state index in [0.29, 0.717) is 11.5 Å². The topological polar surface area (TPSA) is 61.8 Å². The first kappa shape index (κ1) is 15.3. The molecule has 23 heavy (non-hydrogen) atoms. The molecule has 0 saturated heterocycles. The summed E-state index contributed by atoms with van der Waals surface area (Å²) in [6, 6.07) is 7.77. The molecule has 1 aliphatic rings. The molecule has 0 N–H and O–H groups in total. The van der Waals surface area contributed by atoms with Gasteiger partial charge in [-0.15, -0.1) is 0 Å². The second kappa shape index (κ2) is 6.26. The fourth-order valence-corrected chi connectivity index (χ4v) is 2.28. The molecule has 0 aliphatic carbocycles. The minimum atomic E-state index is -0.722. The zero-order valence-corrected chi connectivity index (χ0v) is 12.4. The van der Waals surface area contributed by atoms with E-state index in [1.165, 1.54) is 24.3 Å². The Morgan fingerprint density at radius 2 is 1.87 bits per heavy atom. The van der Waals surface area contributed by atoms with Gasteiger partial charge in [-0.3, -0.25) is 4.79 Å². The molecule has 3 rings (SSSR count). The lowest BCUT2D eigenvalue weighted by molar-refractivity contribution is 0.0474. The van der Waals surface area contributed by atoms with Gasteiger partial charge in [0.15, 0.2) is 23.9 Å². The molecule has 0 bridgehead atoms. The van der Waals surface area contributed by atoms with Crippen molar-refractivity contribution in [3.63, 3.8) is 0 Å². The summed E-state index contributed by atoms with van der Waals surface area (Å²) in [6.07, 6.45) is 0. The molecular weight excluding hydrogens is 327 g/mol. The number of ether oxygens (including phenoxy) is 3. The Balaban J connectivity index is 1.67. The molecule has 118 valence electrons. The fraction of sp³-hybridized carbons (Fsp3) is 0.125. The second-order valence-electron chi connectivity index (χ2n) is 4.70. The zero-order valence-electron chi connectivity index (χ0n) is 11.7. The van der Waals surface area contributed by atoms with Crippen LogP contribution in [0.2, 0.25) is 5.02 Å². The Labute approximate surface area is 135 Å². The molecule has 0 amide bonds. The average Bonchev–Trinajstić information content (AvgIpc) is 3.02. The van der Waals surface area contributed by atoms with E-state index in [2.05, 4.69) is 0 Å². The van der Waals surface area contributed by atoms with E-state index in [9.17, 15) is 14.0 Å². The number of carbonyl (C=O) groups excluding carboxylic acids is 2. The van der Waals surface area contributed by atoms with Gasteiger partial charge in [0.05, 0.1) is 10.6 Å². The summed E-state index contributed by atoms with van der Waals surface area (Å²) in [4.78, 5) is 23.9.